The Labute approximate surface area is 230 Å². The largest absolute Gasteiger partial charge is 0.327 e. The molecule has 39 heavy (non-hydrogen) atoms. The molecule has 11 heteroatoms. The quantitative estimate of drug-likeness (QED) is 0.402. The lowest BCUT2D eigenvalue weighted by atomic mass is 9.78. The molecule has 0 saturated carbocycles. The molecule has 2 aromatic carbocycles. The second-order valence-corrected chi connectivity index (χ2v) is 15.1. The minimum atomic E-state index is -3.28. The number of likely N-dealkylation sites (tertiary alicyclic amines) is 1. The van der Waals surface area contributed by atoms with Crippen LogP contribution in [-0.2, 0) is 19.9 Å². The molecule has 0 N–H and O–H groups in total. The molecular formula is C28H37FN4O4S2. The van der Waals surface area contributed by atoms with Crippen LogP contribution < -0.4 is 0 Å². The first-order valence-electron chi connectivity index (χ1n) is 13.6. The van der Waals surface area contributed by atoms with Crippen molar-refractivity contribution in [1.29, 1.82) is 0 Å². The van der Waals surface area contributed by atoms with E-state index in [4.69, 9.17) is 0 Å². The summed E-state index contributed by atoms with van der Waals surface area (Å²) in [4.78, 5) is 7.22. The normalized spacial score (nSPS) is 20.0. The van der Waals surface area contributed by atoms with Gasteiger partial charge in [0.15, 0.2) is 9.84 Å². The van der Waals surface area contributed by atoms with Gasteiger partial charge in [0.1, 0.15) is 5.82 Å². The number of hydrogen-bond acceptors (Lipinski definition) is 6. The number of hydrogen-bond donors (Lipinski definition) is 0. The van der Waals surface area contributed by atoms with Crippen molar-refractivity contribution in [3.63, 3.8) is 0 Å². The number of aromatic nitrogens is 2. The number of rotatable bonds is 8. The standard InChI is InChI=1S/C28H37FN4O4S2/c1-38(34,35)25-6-7-28-27(19-25)30-20-33(28)24-10-13-31(14-11-24)15-12-26(22-4-3-5-23(29)18-22)21-8-16-32(17-9-21)39(2,36)37/h3-7,18-21,24,26H,8-17H2,1-2H3/t26-/m1/s1. The summed E-state index contributed by atoms with van der Waals surface area (Å²) < 4.78 is 65.7. The van der Waals surface area contributed by atoms with E-state index in [1.165, 1.54) is 18.6 Å². The summed E-state index contributed by atoms with van der Waals surface area (Å²) in [5, 5.41) is 0. The zero-order valence-electron chi connectivity index (χ0n) is 22.5. The average Bonchev–Trinajstić information content (AvgIpc) is 3.32. The molecule has 0 amide bonds. The van der Waals surface area contributed by atoms with Crippen LogP contribution in [0.3, 0.4) is 0 Å². The van der Waals surface area contributed by atoms with E-state index in [1.807, 2.05) is 18.5 Å². The second-order valence-electron chi connectivity index (χ2n) is 11.1. The molecule has 5 rings (SSSR count). The van der Waals surface area contributed by atoms with E-state index in [-0.39, 0.29) is 16.6 Å². The van der Waals surface area contributed by atoms with Gasteiger partial charge in [0.2, 0.25) is 10.0 Å². The van der Waals surface area contributed by atoms with Crippen molar-refractivity contribution in [2.45, 2.75) is 49.0 Å². The van der Waals surface area contributed by atoms with Crippen molar-refractivity contribution >= 4 is 30.9 Å². The zero-order valence-corrected chi connectivity index (χ0v) is 24.2. The summed E-state index contributed by atoms with van der Waals surface area (Å²) in [5.41, 5.74) is 2.65. The van der Waals surface area contributed by atoms with Crippen molar-refractivity contribution in [3.05, 3.63) is 60.2 Å². The highest BCUT2D eigenvalue weighted by atomic mass is 32.2. The van der Waals surface area contributed by atoms with Gasteiger partial charge in [0.25, 0.3) is 0 Å². The van der Waals surface area contributed by atoms with Gasteiger partial charge in [0, 0.05) is 38.5 Å². The van der Waals surface area contributed by atoms with E-state index in [0.29, 0.717) is 30.6 Å². The van der Waals surface area contributed by atoms with Crippen LogP contribution in [0.2, 0.25) is 0 Å². The minimum Gasteiger partial charge on any atom is -0.327 e. The third-order valence-corrected chi connectivity index (χ3v) is 10.9. The fourth-order valence-corrected chi connectivity index (χ4v) is 7.81. The van der Waals surface area contributed by atoms with Gasteiger partial charge in [-0.3, -0.25) is 0 Å². The smallest absolute Gasteiger partial charge is 0.211 e. The predicted molar refractivity (Wildman–Crippen MR) is 150 cm³/mol. The number of nitrogens with zero attached hydrogens (tertiary/aromatic N) is 4. The SMILES string of the molecule is CS(=O)(=O)c1ccc2c(c1)ncn2C1CCN(CC[C@@H](c2cccc(F)c2)C2CCN(S(C)(=O)=O)CC2)CC1. The zero-order chi connectivity index (χ0) is 27.8. The second kappa shape index (κ2) is 11.3. The molecule has 2 saturated heterocycles. The van der Waals surface area contributed by atoms with Crippen LogP contribution in [-0.4, -0.2) is 80.8 Å². The molecule has 2 aliphatic heterocycles. The highest BCUT2D eigenvalue weighted by Crippen LogP contribution is 2.37. The van der Waals surface area contributed by atoms with Crippen LogP contribution in [0, 0.1) is 11.7 Å². The summed E-state index contributed by atoms with van der Waals surface area (Å²) in [5.74, 6) is 0.265. The summed E-state index contributed by atoms with van der Waals surface area (Å²) >= 11 is 0. The fraction of sp³-hybridized carbons (Fsp3) is 0.536. The number of fused-ring (bicyclic) bond motifs is 1. The van der Waals surface area contributed by atoms with E-state index >= 15 is 0 Å². The maximum atomic E-state index is 14.1. The Kier molecular flexibility index (Phi) is 8.15. The maximum Gasteiger partial charge on any atom is 0.211 e. The number of sulfonamides is 1. The Morgan fingerprint density at radius 1 is 0.949 bits per heavy atom. The van der Waals surface area contributed by atoms with Crippen molar-refractivity contribution in [3.8, 4) is 0 Å². The van der Waals surface area contributed by atoms with Crippen LogP contribution in [0.4, 0.5) is 4.39 Å². The Bertz CT molecular complexity index is 1520. The van der Waals surface area contributed by atoms with Crippen LogP contribution >= 0.6 is 0 Å². The molecular weight excluding hydrogens is 539 g/mol. The summed E-state index contributed by atoms with van der Waals surface area (Å²) in [6.45, 7) is 3.82. The molecule has 1 atom stereocenters. The van der Waals surface area contributed by atoms with Crippen LogP contribution in [0.15, 0.2) is 53.7 Å². The first-order chi connectivity index (χ1) is 18.5. The first kappa shape index (κ1) is 28.2. The summed E-state index contributed by atoms with van der Waals surface area (Å²) in [6, 6.07) is 12.3. The molecule has 212 valence electrons. The van der Waals surface area contributed by atoms with E-state index in [2.05, 4.69) is 14.5 Å². The first-order valence-corrected chi connectivity index (χ1v) is 17.3. The van der Waals surface area contributed by atoms with Crippen LogP contribution in [0.25, 0.3) is 11.0 Å². The molecule has 0 unspecified atom stereocenters. The molecule has 2 aliphatic rings. The summed E-state index contributed by atoms with van der Waals surface area (Å²) in [6.07, 6.45) is 8.70. The van der Waals surface area contributed by atoms with Gasteiger partial charge in [-0.2, -0.15) is 0 Å². The van der Waals surface area contributed by atoms with Crippen molar-refractivity contribution in [2.24, 2.45) is 5.92 Å². The molecule has 0 spiro atoms. The molecule has 3 heterocycles. The lowest BCUT2D eigenvalue weighted by Gasteiger charge is -2.37. The molecule has 0 bridgehead atoms. The van der Waals surface area contributed by atoms with Gasteiger partial charge in [-0.15, -0.1) is 0 Å². The number of halogens is 1. The molecule has 0 radical (unpaired) electrons. The fourth-order valence-electron chi connectivity index (χ4n) is 6.30. The molecule has 1 aromatic heterocycles. The van der Waals surface area contributed by atoms with Gasteiger partial charge in [-0.25, -0.2) is 30.5 Å². The maximum absolute atomic E-state index is 14.1. The Morgan fingerprint density at radius 2 is 1.67 bits per heavy atom. The predicted octanol–water partition coefficient (Wildman–Crippen LogP) is 4.06. The number of imidazole rings is 1. The van der Waals surface area contributed by atoms with Crippen LogP contribution in [0.1, 0.15) is 49.6 Å². The van der Waals surface area contributed by atoms with E-state index in [9.17, 15) is 21.2 Å². The van der Waals surface area contributed by atoms with Crippen molar-refractivity contribution in [2.75, 3.05) is 45.2 Å². The number of sulfone groups is 1. The molecule has 0 aliphatic carbocycles. The van der Waals surface area contributed by atoms with Gasteiger partial charge < -0.3 is 9.47 Å². The van der Waals surface area contributed by atoms with Crippen molar-refractivity contribution in [1.82, 2.24) is 18.8 Å². The van der Waals surface area contributed by atoms with E-state index in [0.717, 1.165) is 62.8 Å². The minimum absolute atomic E-state index is 0.182. The molecule has 8 nitrogen and oxygen atoms in total. The Balaban J connectivity index is 1.22. The third-order valence-electron chi connectivity index (χ3n) is 8.49. The van der Waals surface area contributed by atoms with Gasteiger partial charge in [-0.05, 0) is 86.4 Å². The number of piperidine rings is 2. The molecule has 3 aromatic rings. The van der Waals surface area contributed by atoms with Crippen molar-refractivity contribution < 1.29 is 21.2 Å². The van der Waals surface area contributed by atoms with E-state index < -0.39 is 19.9 Å². The average molecular weight is 577 g/mol. The molecule has 2 fully saturated rings. The number of benzene rings is 2. The lowest BCUT2D eigenvalue weighted by molar-refractivity contribution is 0.169. The third kappa shape index (κ3) is 6.53. The van der Waals surface area contributed by atoms with Gasteiger partial charge in [-0.1, -0.05) is 12.1 Å². The Hall–Kier alpha value is -2.34. The Morgan fingerprint density at radius 3 is 2.31 bits per heavy atom. The lowest BCUT2D eigenvalue weighted by Crippen LogP contribution is -2.40. The van der Waals surface area contributed by atoms with Gasteiger partial charge in [0.05, 0.1) is 28.5 Å². The van der Waals surface area contributed by atoms with E-state index in [1.54, 1.807) is 28.6 Å². The van der Waals surface area contributed by atoms with Crippen LogP contribution in [0.5, 0.6) is 0 Å². The summed E-state index contributed by atoms with van der Waals surface area (Å²) in [7, 11) is -6.47. The topological polar surface area (TPSA) is 92.6 Å². The highest BCUT2D eigenvalue weighted by molar-refractivity contribution is 7.90. The van der Waals surface area contributed by atoms with Gasteiger partial charge >= 0.3 is 0 Å². The highest BCUT2D eigenvalue weighted by Gasteiger charge is 2.31. The monoisotopic (exact) mass is 576 g/mol.